The van der Waals surface area contributed by atoms with Gasteiger partial charge in [0.15, 0.2) is 0 Å². The van der Waals surface area contributed by atoms with Crippen LogP contribution in [0.3, 0.4) is 0 Å². The van der Waals surface area contributed by atoms with Crippen molar-refractivity contribution >= 4 is 5.91 Å². The number of piperazine rings is 1. The Morgan fingerprint density at radius 1 is 1.11 bits per heavy atom. The summed E-state index contributed by atoms with van der Waals surface area (Å²) in [5.41, 5.74) is 1.65. The average Bonchev–Trinajstić information content (AvgIpc) is 2.73. The summed E-state index contributed by atoms with van der Waals surface area (Å²) in [5, 5.41) is 9.50. The van der Waals surface area contributed by atoms with Crippen molar-refractivity contribution in [3.05, 3.63) is 47.7 Å². The van der Waals surface area contributed by atoms with E-state index in [1.165, 1.54) is 5.56 Å². The lowest BCUT2D eigenvalue weighted by Crippen LogP contribution is -2.44. The molecule has 2 aliphatic heterocycles. The molecule has 1 amide bonds. The van der Waals surface area contributed by atoms with E-state index in [0.29, 0.717) is 5.92 Å². The number of hydrogen-bond acceptors (Lipinski definition) is 4. The van der Waals surface area contributed by atoms with Crippen LogP contribution in [0.1, 0.15) is 25.3 Å². The Balaban J connectivity index is 1.51. The van der Waals surface area contributed by atoms with Gasteiger partial charge in [0.2, 0.25) is 0 Å². The van der Waals surface area contributed by atoms with Crippen molar-refractivity contribution in [3.63, 3.8) is 0 Å². The topological polar surface area (TPSA) is 50.6 Å². The summed E-state index contributed by atoms with van der Waals surface area (Å²) in [7, 11) is 0. The Morgan fingerprint density at radius 2 is 1.78 bits per heavy atom. The molecule has 0 saturated carbocycles. The zero-order chi connectivity index (χ0) is 19.1. The number of carbonyl (C=O) groups is 1. The lowest BCUT2D eigenvalue weighted by atomic mass is 9.90. The second-order valence-corrected chi connectivity index (χ2v) is 7.55. The van der Waals surface area contributed by atoms with Crippen molar-refractivity contribution in [2.24, 2.45) is 5.92 Å². The summed E-state index contributed by atoms with van der Waals surface area (Å²) in [5.74, 6) is 0.515. The monoisotopic (exact) mass is 366 g/mol. The fourth-order valence-electron chi connectivity index (χ4n) is 3.98. The first kappa shape index (κ1) is 19.4. The van der Waals surface area contributed by atoms with Crippen LogP contribution in [0, 0.1) is 17.2 Å². The summed E-state index contributed by atoms with van der Waals surface area (Å²) in [6, 6.07) is 12.7. The van der Waals surface area contributed by atoms with E-state index in [2.05, 4.69) is 47.1 Å². The summed E-state index contributed by atoms with van der Waals surface area (Å²) in [6.07, 6.45) is 4.87. The van der Waals surface area contributed by atoms with Crippen molar-refractivity contribution < 1.29 is 4.79 Å². The summed E-state index contributed by atoms with van der Waals surface area (Å²) >= 11 is 0. The Kier molecular flexibility index (Phi) is 6.89. The number of carbonyl (C=O) groups excluding carboxylic acids is 1. The summed E-state index contributed by atoms with van der Waals surface area (Å²) in [4.78, 5) is 19.1. The fourth-order valence-corrected chi connectivity index (χ4v) is 3.98. The van der Waals surface area contributed by atoms with E-state index in [-0.39, 0.29) is 11.5 Å². The van der Waals surface area contributed by atoms with Crippen molar-refractivity contribution in [3.8, 4) is 6.07 Å². The van der Waals surface area contributed by atoms with Gasteiger partial charge in [0.1, 0.15) is 11.6 Å². The Bertz CT molecular complexity index is 678. The van der Waals surface area contributed by atoms with Crippen LogP contribution in [0.15, 0.2) is 42.1 Å². The fraction of sp³-hybridized carbons (Fsp3) is 0.545. The van der Waals surface area contributed by atoms with Crippen LogP contribution in [0.25, 0.3) is 0 Å². The Morgan fingerprint density at radius 3 is 2.37 bits per heavy atom. The van der Waals surface area contributed by atoms with Crippen molar-refractivity contribution in [2.75, 3.05) is 45.8 Å². The first-order chi connectivity index (χ1) is 13.2. The van der Waals surface area contributed by atoms with E-state index in [0.717, 1.165) is 65.1 Å². The van der Waals surface area contributed by atoms with E-state index in [1.54, 1.807) is 6.20 Å². The molecule has 0 aliphatic carbocycles. The molecule has 0 aromatic heterocycles. The van der Waals surface area contributed by atoms with Gasteiger partial charge in [-0.2, -0.15) is 5.26 Å². The SMILES string of the molecule is CCN1CCN(/C=C(/C#N)C(=O)N2CCC(Cc3ccccc3)CC2)CC1. The maximum absolute atomic E-state index is 12.8. The van der Waals surface area contributed by atoms with Crippen LogP contribution in [0.4, 0.5) is 0 Å². The minimum atomic E-state index is -0.103. The highest BCUT2D eigenvalue weighted by Gasteiger charge is 2.26. The van der Waals surface area contributed by atoms with Gasteiger partial charge in [-0.25, -0.2) is 0 Å². The normalized spacial score (nSPS) is 19.8. The van der Waals surface area contributed by atoms with E-state index in [9.17, 15) is 10.1 Å². The van der Waals surface area contributed by atoms with Gasteiger partial charge in [-0.15, -0.1) is 0 Å². The number of rotatable bonds is 5. The largest absolute Gasteiger partial charge is 0.374 e. The van der Waals surface area contributed by atoms with Crippen molar-refractivity contribution in [1.82, 2.24) is 14.7 Å². The average molecular weight is 367 g/mol. The molecule has 0 atom stereocenters. The number of nitrogens with zero attached hydrogens (tertiary/aromatic N) is 4. The third kappa shape index (κ3) is 5.33. The molecule has 0 radical (unpaired) electrons. The van der Waals surface area contributed by atoms with Gasteiger partial charge in [0, 0.05) is 45.5 Å². The third-order valence-corrected chi connectivity index (χ3v) is 5.79. The highest BCUT2D eigenvalue weighted by Crippen LogP contribution is 2.22. The molecule has 2 fully saturated rings. The molecule has 2 heterocycles. The van der Waals surface area contributed by atoms with E-state index < -0.39 is 0 Å². The van der Waals surface area contributed by atoms with Crippen LogP contribution in [-0.2, 0) is 11.2 Å². The molecule has 0 N–H and O–H groups in total. The van der Waals surface area contributed by atoms with E-state index in [4.69, 9.17) is 0 Å². The predicted octanol–water partition coefficient (Wildman–Crippen LogP) is 2.51. The highest BCUT2D eigenvalue weighted by atomic mass is 16.2. The predicted molar refractivity (Wildman–Crippen MR) is 107 cm³/mol. The molecule has 0 unspecified atom stereocenters. The molecule has 5 nitrogen and oxygen atoms in total. The molecular weight excluding hydrogens is 336 g/mol. The molecule has 144 valence electrons. The smallest absolute Gasteiger partial charge is 0.266 e. The first-order valence-corrected chi connectivity index (χ1v) is 10.1. The van der Waals surface area contributed by atoms with Crippen LogP contribution in [0.5, 0.6) is 0 Å². The quantitative estimate of drug-likeness (QED) is 0.593. The van der Waals surface area contributed by atoms with E-state index >= 15 is 0 Å². The van der Waals surface area contributed by atoms with Gasteiger partial charge < -0.3 is 14.7 Å². The van der Waals surface area contributed by atoms with Crippen LogP contribution in [-0.4, -0.2) is 66.4 Å². The van der Waals surface area contributed by atoms with Crippen LogP contribution in [0.2, 0.25) is 0 Å². The molecule has 5 heteroatoms. The van der Waals surface area contributed by atoms with Gasteiger partial charge in [0.05, 0.1) is 0 Å². The minimum Gasteiger partial charge on any atom is -0.374 e. The third-order valence-electron chi connectivity index (χ3n) is 5.79. The number of nitriles is 1. The molecule has 0 bridgehead atoms. The van der Waals surface area contributed by atoms with Gasteiger partial charge in [-0.05, 0) is 37.3 Å². The molecule has 1 aromatic rings. The van der Waals surface area contributed by atoms with Crippen LogP contribution < -0.4 is 0 Å². The lowest BCUT2D eigenvalue weighted by Gasteiger charge is -2.34. The van der Waals surface area contributed by atoms with Gasteiger partial charge in [0.25, 0.3) is 5.91 Å². The molecule has 1 aromatic carbocycles. The number of likely N-dealkylation sites (tertiary alicyclic amines) is 1. The molecular formula is C22H30N4O. The maximum Gasteiger partial charge on any atom is 0.266 e. The number of amides is 1. The zero-order valence-electron chi connectivity index (χ0n) is 16.3. The van der Waals surface area contributed by atoms with Gasteiger partial charge in [-0.1, -0.05) is 37.3 Å². The number of likely N-dealkylation sites (N-methyl/N-ethyl adjacent to an activating group) is 1. The first-order valence-electron chi connectivity index (χ1n) is 10.1. The Hall–Kier alpha value is -2.32. The minimum absolute atomic E-state index is 0.103. The van der Waals surface area contributed by atoms with E-state index in [1.807, 2.05) is 11.0 Å². The van der Waals surface area contributed by atoms with Gasteiger partial charge >= 0.3 is 0 Å². The Labute approximate surface area is 162 Å². The molecule has 2 saturated heterocycles. The van der Waals surface area contributed by atoms with Crippen LogP contribution >= 0.6 is 0 Å². The van der Waals surface area contributed by atoms with Gasteiger partial charge in [-0.3, -0.25) is 4.79 Å². The number of benzene rings is 1. The second kappa shape index (κ2) is 9.57. The molecule has 27 heavy (non-hydrogen) atoms. The van der Waals surface area contributed by atoms with Crippen molar-refractivity contribution in [2.45, 2.75) is 26.2 Å². The maximum atomic E-state index is 12.8. The lowest BCUT2D eigenvalue weighted by molar-refractivity contribution is -0.128. The number of piperidine rings is 1. The molecule has 3 rings (SSSR count). The molecule has 2 aliphatic rings. The second-order valence-electron chi connectivity index (χ2n) is 7.55. The van der Waals surface area contributed by atoms with Crippen molar-refractivity contribution in [1.29, 1.82) is 5.26 Å². The zero-order valence-corrected chi connectivity index (χ0v) is 16.3. The standard InChI is InChI=1S/C22H30N4O/c1-2-24-12-14-25(15-13-24)18-21(17-23)22(27)26-10-8-20(9-11-26)16-19-6-4-3-5-7-19/h3-7,18,20H,2,8-16H2,1H3/b21-18-. The number of hydrogen-bond donors (Lipinski definition) is 0. The highest BCUT2D eigenvalue weighted by molar-refractivity contribution is 5.97. The summed E-state index contributed by atoms with van der Waals surface area (Å²) < 4.78 is 0. The summed E-state index contributed by atoms with van der Waals surface area (Å²) in [6.45, 7) is 8.46. The molecule has 0 spiro atoms.